The number of benzene rings is 1. The van der Waals surface area contributed by atoms with Crippen molar-refractivity contribution < 1.29 is 13.2 Å². The third-order valence-electron chi connectivity index (χ3n) is 2.63. The Kier molecular flexibility index (Phi) is 6.15. The number of hydrogen-bond acceptors (Lipinski definition) is 2. The maximum absolute atomic E-state index is 13.4. The van der Waals surface area contributed by atoms with Crippen molar-refractivity contribution in [3.63, 3.8) is 0 Å². The van der Waals surface area contributed by atoms with Crippen LogP contribution < -0.4 is 5.32 Å². The second kappa shape index (κ2) is 7.38. The minimum Gasteiger partial charge on any atom is -0.315 e. The maximum Gasteiger partial charge on any atom is 0.133 e. The van der Waals surface area contributed by atoms with Crippen LogP contribution in [0.1, 0.15) is 18.9 Å². The number of nitrogens with zero attached hydrogens (tertiary/aromatic N) is 1. The number of likely N-dealkylation sites (N-methyl/N-ethyl adjacent to an activating group) is 1. The van der Waals surface area contributed by atoms with Gasteiger partial charge in [-0.3, -0.25) is 0 Å². The summed E-state index contributed by atoms with van der Waals surface area (Å²) >= 11 is 0. The Balaban J connectivity index is 2.51. The molecule has 0 aliphatic rings. The van der Waals surface area contributed by atoms with Crippen LogP contribution in [0.15, 0.2) is 12.1 Å². The van der Waals surface area contributed by atoms with Crippen LogP contribution >= 0.6 is 0 Å². The molecule has 0 spiro atoms. The van der Waals surface area contributed by atoms with Crippen LogP contribution in [0.4, 0.5) is 13.2 Å². The summed E-state index contributed by atoms with van der Waals surface area (Å²) in [4.78, 5) is 1.79. The first-order valence-corrected chi connectivity index (χ1v) is 6.07. The third kappa shape index (κ3) is 4.66. The summed E-state index contributed by atoms with van der Waals surface area (Å²) in [6, 6.07) is 1.42. The highest BCUT2D eigenvalue weighted by Gasteiger charge is 2.13. The highest BCUT2D eigenvalue weighted by atomic mass is 19.1. The predicted molar refractivity (Wildman–Crippen MR) is 65.8 cm³/mol. The molecule has 1 aromatic rings. The highest BCUT2D eigenvalue weighted by molar-refractivity contribution is 5.20. The SMILES string of the molecule is CCCNCCN(C)Cc1c(F)cc(F)cc1F. The van der Waals surface area contributed by atoms with E-state index in [4.69, 9.17) is 0 Å². The van der Waals surface area contributed by atoms with Crippen molar-refractivity contribution in [2.24, 2.45) is 0 Å². The molecule has 0 aliphatic heterocycles. The van der Waals surface area contributed by atoms with Crippen LogP contribution in [0.2, 0.25) is 0 Å². The predicted octanol–water partition coefficient (Wildman–Crippen LogP) is 2.54. The van der Waals surface area contributed by atoms with E-state index in [2.05, 4.69) is 12.2 Å². The Morgan fingerprint density at radius 3 is 2.28 bits per heavy atom. The lowest BCUT2D eigenvalue weighted by Gasteiger charge is -2.17. The Labute approximate surface area is 106 Å². The first-order valence-electron chi connectivity index (χ1n) is 6.07. The van der Waals surface area contributed by atoms with Gasteiger partial charge in [0, 0.05) is 37.3 Å². The van der Waals surface area contributed by atoms with Crippen LogP contribution in [-0.4, -0.2) is 31.6 Å². The lowest BCUT2D eigenvalue weighted by Crippen LogP contribution is -2.29. The molecule has 1 aromatic carbocycles. The van der Waals surface area contributed by atoms with Gasteiger partial charge in [0.1, 0.15) is 17.5 Å². The molecule has 18 heavy (non-hydrogen) atoms. The van der Waals surface area contributed by atoms with E-state index in [1.165, 1.54) is 0 Å². The smallest absolute Gasteiger partial charge is 0.133 e. The molecule has 0 aliphatic carbocycles. The van der Waals surface area contributed by atoms with Crippen molar-refractivity contribution in [2.45, 2.75) is 19.9 Å². The van der Waals surface area contributed by atoms with Gasteiger partial charge in [-0.2, -0.15) is 0 Å². The number of rotatable bonds is 7. The van der Waals surface area contributed by atoms with E-state index < -0.39 is 17.5 Å². The van der Waals surface area contributed by atoms with Crippen molar-refractivity contribution >= 4 is 0 Å². The Morgan fingerprint density at radius 1 is 1.11 bits per heavy atom. The topological polar surface area (TPSA) is 15.3 Å². The number of halogens is 3. The van der Waals surface area contributed by atoms with Gasteiger partial charge in [0.2, 0.25) is 0 Å². The van der Waals surface area contributed by atoms with Crippen molar-refractivity contribution in [3.8, 4) is 0 Å². The molecule has 0 amide bonds. The summed E-state index contributed by atoms with van der Waals surface area (Å²) in [5.41, 5.74) is -0.0885. The summed E-state index contributed by atoms with van der Waals surface area (Å²) in [6.45, 7) is 4.56. The number of nitrogens with one attached hydrogen (secondary N) is 1. The van der Waals surface area contributed by atoms with Crippen molar-refractivity contribution in [1.82, 2.24) is 10.2 Å². The minimum absolute atomic E-state index is 0.0885. The summed E-state index contributed by atoms with van der Waals surface area (Å²) in [5, 5.41) is 3.20. The fourth-order valence-electron chi connectivity index (χ4n) is 1.64. The van der Waals surface area contributed by atoms with Crippen LogP contribution in [0, 0.1) is 17.5 Å². The van der Waals surface area contributed by atoms with Crippen LogP contribution in [0.5, 0.6) is 0 Å². The first-order chi connectivity index (χ1) is 8.54. The molecule has 0 unspecified atom stereocenters. The lowest BCUT2D eigenvalue weighted by molar-refractivity contribution is 0.312. The van der Waals surface area contributed by atoms with Gasteiger partial charge in [-0.1, -0.05) is 6.92 Å². The average molecular weight is 260 g/mol. The second-order valence-electron chi connectivity index (χ2n) is 4.34. The van der Waals surface area contributed by atoms with Crippen molar-refractivity contribution in [3.05, 3.63) is 35.1 Å². The van der Waals surface area contributed by atoms with Gasteiger partial charge in [-0.15, -0.1) is 0 Å². The monoisotopic (exact) mass is 260 g/mol. The molecule has 0 fully saturated rings. The molecule has 0 saturated heterocycles. The maximum atomic E-state index is 13.4. The molecule has 0 saturated carbocycles. The standard InChI is InChI=1S/C13H19F3N2/c1-3-4-17-5-6-18(2)9-11-12(15)7-10(14)8-13(11)16/h7-8,17H,3-6,9H2,1-2H3. The van der Waals surface area contributed by atoms with Crippen molar-refractivity contribution in [1.29, 1.82) is 0 Å². The van der Waals surface area contributed by atoms with Gasteiger partial charge in [0.25, 0.3) is 0 Å². The molecule has 5 heteroatoms. The second-order valence-corrected chi connectivity index (χ2v) is 4.34. The van der Waals surface area contributed by atoms with E-state index in [9.17, 15) is 13.2 Å². The Hall–Kier alpha value is -1.07. The van der Waals surface area contributed by atoms with Crippen LogP contribution in [0.3, 0.4) is 0 Å². The zero-order valence-corrected chi connectivity index (χ0v) is 10.8. The normalized spacial score (nSPS) is 11.2. The van der Waals surface area contributed by atoms with E-state index in [-0.39, 0.29) is 12.1 Å². The van der Waals surface area contributed by atoms with Gasteiger partial charge < -0.3 is 10.2 Å². The lowest BCUT2D eigenvalue weighted by atomic mass is 10.2. The molecule has 0 atom stereocenters. The minimum atomic E-state index is -0.888. The van der Waals surface area contributed by atoms with E-state index in [0.717, 1.165) is 19.5 Å². The Morgan fingerprint density at radius 2 is 1.72 bits per heavy atom. The third-order valence-corrected chi connectivity index (χ3v) is 2.63. The highest BCUT2D eigenvalue weighted by Crippen LogP contribution is 2.16. The molecule has 0 radical (unpaired) electrons. The molecule has 0 heterocycles. The van der Waals surface area contributed by atoms with Gasteiger partial charge in [0.15, 0.2) is 0 Å². The first kappa shape index (κ1) is 15.0. The summed E-state index contributed by atoms with van der Waals surface area (Å²) < 4.78 is 39.5. The van der Waals surface area contributed by atoms with E-state index in [1.54, 1.807) is 11.9 Å². The van der Waals surface area contributed by atoms with Gasteiger partial charge in [0.05, 0.1) is 0 Å². The summed E-state index contributed by atoms with van der Waals surface area (Å²) in [6.07, 6.45) is 1.05. The van der Waals surface area contributed by atoms with Gasteiger partial charge in [-0.05, 0) is 20.0 Å². The fraction of sp³-hybridized carbons (Fsp3) is 0.538. The van der Waals surface area contributed by atoms with Crippen molar-refractivity contribution in [2.75, 3.05) is 26.7 Å². The molecule has 102 valence electrons. The molecule has 0 aromatic heterocycles. The van der Waals surface area contributed by atoms with E-state index in [0.29, 0.717) is 18.7 Å². The molecule has 2 nitrogen and oxygen atoms in total. The average Bonchev–Trinajstić information content (AvgIpc) is 2.29. The van der Waals surface area contributed by atoms with E-state index in [1.807, 2.05) is 0 Å². The van der Waals surface area contributed by atoms with Crippen LogP contribution in [-0.2, 0) is 6.54 Å². The zero-order valence-electron chi connectivity index (χ0n) is 10.8. The van der Waals surface area contributed by atoms with Gasteiger partial charge >= 0.3 is 0 Å². The molecule has 0 bridgehead atoms. The molecular formula is C13H19F3N2. The quantitative estimate of drug-likeness (QED) is 0.758. The Bertz CT molecular complexity index is 359. The fourth-order valence-corrected chi connectivity index (χ4v) is 1.64. The zero-order chi connectivity index (χ0) is 13.5. The molecular weight excluding hydrogens is 241 g/mol. The molecule has 1 rings (SSSR count). The summed E-state index contributed by atoms with van der Waals surface area (Å²) in [7, 11) is 1.77. The summed E-state index contributed by atoms with van der Waals surface area (Å²) in [5.74, 6) is -2.55. The molecule has 1 N–H and O–H groups in total. The number of hydrogen-bond donors (Lipinski definition) is 1. The van der Waals surface area contributed by atoms with E-state index >= 15 is 0 Å². The van der Waals surface area contributed by atoms with Gasteiger partial charge in [-0.25, -0.2) is 13.2 Å². The largest absolute Gasteiger partial charge is 0.315 e. The van der Waals surface area contributed by atoms with Crippen LogP contribution in [0.25, 0.3) is 0 Å².